The molecule has 0 aromatic rings. The van der Waals surface area contributed by atoms with Crippen molar-refractivity contribution >= 4 is 17.9 Å². The molecule has 0 amide bonds. The molecule has 1 atom stereocenters. The fourth-order valence-electron chi connectivity index (χ4n) is 6.89. The fraction of sp³-hybridized carbons (Fsp3) is 0.894. The third-order valence-electron chi connectivity index (χ3n) is 10.4. The highest BCUT2D eigenvalue weighted by atomic mass is 16.6. The topological polar surface area (TPSA) is 78.9 Å². The first-order valence-electron chi connectivity index (χ1n) is 23.1. The van der Waals surface area contributed by atoms with Crippen LogP contribution in [0.4, 0.5) is 0 Å². The van der Waals surface area contributed by atoms with E-state index >= 15 is 0 Å². The van der Waals surface area contributed by atoms with Crippen molar-refractivity contribution in [3.05, 3.63) is 12.7 Å². The fourth-order valence-corrected chi connectivity index (χ4v) is 6.89. The number of hydrogen-bond acceptors (Lipinski definition) is 6. The largest absolute Gasteiger partial charge is 0.462 e. The number of esters is 3. The van der Waals surface area contributed by atoms with Crippen LogP contribution in [0.15, 0.2) is 12.7 Å². The van der Waals surface area contributed by atoms with E-state index in [4.69, 9.17) is 14.2 Å². The molecule has 0 radical (unpaired) electrons. The van der Waals surface area contributed by atoms with Crippen molar-refractivity contribution in [2.45, 2.75) is 258 Å². The lowest BCUT2D eigenvalue weighted by Gasteiger charge is -2.18. The number of rotatable bonds is 43. The predicted octanol–water partition coefficient (Wildman–Crippen LogP) is 14.6. The Kier molecular flexibility index (Phi) is 41.4. The van der Waals surface area contributed by atoms with Crippen LogP contribution in [0.25, 0.3) is 0 Å². The monoisotopic (exact) mass is 749 g/mol. The molecule has 1 unspecified atom stereocenters. The average Bonchev–Trinajstić information content (AvgIpc) is 3.15. The van der Waals surface area contributed by atoms with Crippen molar-refractivity contribution in [1.82, 2.24) is 0 Å². The predicted molar refractivity (Wildman–Crippen MR) is 224 cm³/mol. The van der Waals surface area contributed by atoms with Crippen molar-refractivity contribution in [3.8, 4) is 0 Å². The Morgan fingerprint density at radius 3 is 0.962 bits per heavy atom. The molecule has 0 saturated carbocycles. The maximum Gasteiger partial charge on any atom is 0.306 e. The zero-order valence-electron chi connectivity index (χ0n) is 35.4. The van der Waals surface area contributed by atoms with Gasteiger partial charge in [-0.2, -0.15) is 0 Å². The van der Waals surface area contributed by atoms with Crippen molar-refractivity contribution in [1.29, 1.82) is 0 Å². The van der Waals surface area contributed by atoms with E-state index in [2.05, 4.69) is 20.4 Å². The van der Waals surface area contributed by atoms with Gasteiger partial charge in [-0.15, -0.1) is 6.58 Å². The molecule has 0 aliphatic heterocycles. The Balaban J connectivity index is 4.21. The van der Waals surface area contributed by atoms with E-state index in [9.17, 15) is 14.4 Å². The first kappa shape index (κ1) is 51.1. The third-order valence-corrected chi connectivity index (χ3v) is 10.4. The van der Waals surface area contributed by atoms with Crippen LogP contribution in [0.5, 0.6) is 0 Å². The Morgan fingerprint density at radius 2 is 0.660 bits per heavy atom. The molecule has 53 heavy (non-hydrogen) atoms. The normalized spacial score (nSPS) is 11.7. The molecule has 0 bridgehead atoms. The van der Waals surface area contributed by atoms with Crippen molar-refractivity contribution in [3.63, 3.8) is 0 Å². The van der Waals surface area contributed by atoms with Crippen molar-refractivity contribution < 1.29 is 28.6 Å². The Labute approximate surface area is 329 Å². The minimum Gasteiger partial charge on any atom is -0.462 e. The molecular formula is C47H88O6. The molecule has 0 spiro atoms. The molecule has 0 aliphatic rings. The quantitative estimate of drug-likeness (QED) is 0.0267. The smallest absolute Gasteiger partial charge is 0.306 e. The van der Waals surface area contributed by atoms with E-state index in [1.807, 2.05) is 6.08 Å². The number of unbranched alkanes of at least 4 members (excludes halogenated alkanes) is 31. The van der Waals surface area contributed by atoms with Gasteiger partial charge in [0.15, 0.2) is 6.10 Å². The molecule has 0 fully saturated rings. The van der Waals surface area contributed by atoms with Gasteiger partial charge in [0.25, 0.3) is 0 Å². The second kappa shape index (κ2) is 42.9. The minimum atomic E-state index is -0.768. The van der Waals surface area contributed by atoms with Gasteiger partial charge in [-0.25, -0.2) is 0 Å². The van der Waals surface area contributed by atoms with E-state index in [1.54, 1.807) is 0 Å². The van der Waals surface area contributed by atoms with Crippen molar-refractivity contribution in [2.24, 2.45) is 0 Å². The van der Waals surface area contributed by atoms with Gasteiger partial charge in [-0.05, 0) is 32.1 Å². The molecule has 0 aromatic carbocycles. The van der Waals surface area contributed by atoms with E-state index < -0.39 is 6.10 Å². The average molecular weight is 749 g/mol. The molecule has 312 valence electrons. The number of carbonyl (C=O) groups is 3. The maximum absolute atomic E-state index is 12.6. The molecular weight excluding hydrogens is 661 g/mol. The lowest BCUT2D eigenvalue weighted by atomic mass is 10.0. The summed E-state index contributed by atoms with van der Waals surface area (Å²) in [7, 11) is 0. The second-order valence-electron chi connectivity index (χ2n) is 15.8. The van der Waals surface area contributed by atoms with E-state index in [0.717, 1.165) is 77.0 Å². The van der Waals surface area contributed by atoms with Crippen LogP contribution in [-0.4, -0.2) is 37.2 Å². The molecule has 0 heterocycles. The highest BCUT2D eigenvalue weighted by Gasteiger charge is 2.19. The summed E-state index contributed by atoms with van der Waals surface area (Å²) in [6.07, 6.45) is 43.8. The van der Waals surface area contributed by atoms with Gasteiger partial charge < -0.3 is 14.2 Å². The van der Waals surface area contributed by atoms with E-state index in [1.165, 1.54) is 141 Å². The van der Waals surface area contributed by atoms with Gasteiger partial charge in [-0.1, -0.05) is 206 Å². The number of carbonyl (C=O) groups excluding carboxylic acids is 3. The van der Waals surface area contributed by atoms with Crippen LogP contribution in [0.2, 0.25) is 0 Å². The van der Waals surface area contributed by atoms with Gasteiger partial charge in [0.2, 0.25) is 0 Å². The van der Waals surface area contributed by atoms with Gasteiger partial charge in [0, 0.05) is 19.3 Å². The van der Waals surface area contributed by atoms with Crippen LogP contribution in [0.1, 0.15) is 251 Å². The summed E-state index contributed by atoms with van der Waals surface area (Å²) in [4.78, 5) is 37.6. The summed E-state index contributed by atoms with van der Waals surface area (Å²) in [6.45, 7) is 8.15. The van der Waals surface area contributed by atoms with Crippen LogP contribution in [0.3, 0.4) is 0 Å². The third kappa shape index (κ3) is 41.2. The molecule has 6 nitrogen and oxygen atoms in total. The van der Waals surface area contributed by atoms with E-state index in [0.29, 0.717) is 19.3 Å². The zero-order chi connectivity index (χ0) is 38.7. The molecule has 0 aromatic heterocycles. The Hall–Kier alpha value is -1.85. The number of ether oxygens (including phenoxy) is 3. The Bertz CT molecular complexity index is 811. The summed E-state index contributed by atoms with van der Waals surface area (Å²) >= 11 is 0. The first-order chi connectivity index (χ1) is 26.0. The standard InChI is InChI=1S/C47H88O6/c1-4-7-10-13-16-18-20-22-23-25-27-29-32-34-37-40-46(49)52-43-44(53-47(50)41-38-35-30-15-12-9-6-3)42-51-45(48)39-36-33-31-28-26-24-21-19-17-14-11-8-5-2/h6,44H,3-5,7-43H2,1-2H3. The lowest BCUT2D eigenvalue weighted by Crippen LogP contribution is -2.30. The summed E-state index contributed by atoms with van der Waals surface area (Å²) in [5, 5.41) is 0. The van der Waals surface area contributed by atoms with Crippen LogP contribution in [0, 0.1) is 0 Å². The number of hydrogen-bond donors (Lipinski definition) is 0. The summed E-state index contributed by atoms with van der Waals surface area (Å²) in [5.74, 6) is -0.886. The van der Waals surface area contributed by atoms with Crippen molar-refractivity contribution in [2.75, 3.05) is 13.2 Å². The minimum absolute atomic E-state index is 0.0725. The summed E-state index contributed by atoms with van der Waals surface area (Å²) < 4.78 is 16.6. The zero-order valence-corrected chi connectivity index (χ0v) is 35.4. The molecule has 6 heteroatoms. The van der Waals surface area contributed by atoms with Gasteiger partial charge in [-0.3, -0.25) is 14.4 Å². The molecule has 0 N–H and O–H groups in total. The van der Waals surface area contributed by atoms with Gasteiger partial charge in [0.05, 0.1) is 0 Å². The highest BCUT2D eigenvalue weighted by Crippen LogP contribution is 2.16. The summed E-state index contributed by atoms with van der Waals surface area (Å²) in [6, 6.07) is 0. The lowest BCUT2D eigenvalue weighted by molar-refractivity contribution is -0.167. The van der Waals surface area contributed by atoms with Gasteiger partial charge >= 0.3 is 17.9 Å². The van der Waals surface area contributed by atoms with Crippen LogP contribution in [-0.2, 0) is 28.6 Å². The highest BCUT2D eigenvalue weighted by molar-refractivity contribution is 5.71. The Morgan fingerprint density at radius 1 is 0.396 bits per heavy atom. The van der Waals surface area contributed by atoms with Crippen LogP contribution < -0.4 is 0 Å². The molecule has 0 aliphatic carbocycles. The number of allylic oxidation sites excluding steroid dienone is 1. The second-order valence-corrected chi connectivity index (χ2v) is 15.8. The molecule has 0 rings (SSSR count). The SMILES string of the molecule is C=CCCCCCCCC(=O)OC(COC(=O)CCCCCCCCCCCCCCC)COC(=O)CCCCCCCCCCCCCCCCC. The summed E-state index contributed by atoms with van der Waals surface area (Å²) in [5.41, 5.74) is 0. The maximum atomic E-state index is 12.6. The first-order valence-corrected chi connectivity index (χ1v) is 23.1. The van der Waals surface area contributed by atoms with Crippen LogP contribution >= 0.6 is 0 Å². The molecule has 0 saturated heterocycles. The van der Waals surface area contributed by atoms with E-state index in [-0.39, 0.29) is 31.1 Å². The van der Waals surface area contributed by atoms with Gasteiger partial charge in [0.1, 0.15) is 13.2 Å².